The third-order valence-electron chi connectivity index (χ3n) is 3.41. The minimum atomic E-state index is 0.205. The Balaban J connectivity index is 1.93. The molecule has 0 radical (unpaired) electrons. The minimum absolute atomic E-state index is 0.205. The largest absolute Gasteiger partial charge is 0.292 e. The van der Waals surface area contributed by atoms with E-state index in [0.717, 1.165) is 18.8 Å². The highest BCUT2D eigenvalue weighted by atomic mass is 32.1. The van der Waals surface area contributed by atoms with E-state index in [0.29, 0.717) is 5.69 Å². The van der Waals surface area contributed by atoms with E-state index in [1.165, 1.54) is 30.8 Å². The first kappa shape index (κ1) is 10.7. The van der Waals surface area contributed by atoms with Crippen LogP contribution in [-0.2, 0) is 0 Å². The Kier molecular flexibility index (Phi) is 3.46. The zero-order valence-corrected chi connectivity index (χ0v) is 9.80. The van der Waals surface area contributed by atoms with Crippen LogP contribution in [0.4, 0.5) is 0 Å². The van der Waals surface area contributed by atoms with Crippen molar-refractivity contribution in [3.05, 3.63) is 11.1 Å². The van der Waals surface area contributed by atoms with Crippen LogP contribution in [0.5, 0.6) is 0 Å². The molecule has 1 aromatic heterocycles. The van der Waals surface area contributed by atoms with E-state index in [-0.39, 0.29) is 11.7 Å². The second kappa shape index (κ2) is 4.84. The second-order valence-electron chi connectivity index (χ2n) is 4.28. The van der Waals surface area contributed by atoms with Crippen LogP contribution in [0.25, 0.3) is 0 Å². The van der Waals surface area contributed by atoms with Crippen molar-refractivity contribution in [2.75, 3.05) is 0 Å². The average Bonchev–Trinajstić information content (AvgIpc) is 2.82. The zero-order chi connectivity index (χ0) is 10.7. The molecule has 0 amide bonds. The Morgan fingerprint density at radius 2 is 2.20 bits per heavy atom. The molecule has 0 saturated heterocycles. The van der Waals surface area contributed by atoms with E-state index in [1.807, 2.05) is 0 Å². The minimum Gasteiger partial charge on any atom is -0.292 e. The fourth-order valence-corrected chi connectivity index (χ4v) is 2.76. The number of carbonyl (C=O) groups excluding carboxylic acids is 1. The van der Waals surface area contributed by atoms with Crippen LogP contribution in [0.15, 0.2) is 5.38 Å². The van der Waals surface area contributed by atoms with E-state index in [4.69, 9.17) is 0 Å². The van der Waals surface area contributed by atoms with E-state index < -0.39 is 0 Å². The summed E-state index contributed by atoms with van der Waals surface area (Å²) >= 11 is 1.26. The number of aromatic nitrogens is 2. The summed E-state index contributed by atoms with van der Waals surface area (Å²) in [5.74, 6) is 1.25. The summed E-state index contributed by atoms with van der Waals surface area (Å²) in [5, 5.41) is 5.61. The summed E-state index contributed by atoms with van der Waals surface area (Å²) in [6, 6.07) is 0. The van der Waals surface area contributed by atoms with E-state index in [9.17, 15) is 4.79 Å². The summed E-state index contributed by atoms with van der Waals surface area (Å²) in [5.41, 5.74) is 0.569. The Bertz CT molecular complexity index is 315. The van der Waals surface area contributed by atoms with Crippen molar-refractivity contribution in [1.82, 2.24) is 9.59 Å². The third kappa shape index (κ3) is 2.43. The SMILES string of the molecule is CCC1CCC(C(=O)c2csnn2)CC1. The zero-order valence-electron chi connectivity index (χ0n) is 8.98. The van der Waals surface area contributed by atoms with Gasteiger partial charge in [0.25, 0.3) is 0 Å². The van der Waals surface area contributed by atoms with Crippen molar-refractivity contribution in [2.24, 2.45) is 11.8 Å². The molecule has 1 saturated carbocycles. The normalized spacial score (nSPS) is 26.5. The highest BCUT2D eigenvalue weighted by molar-refractivity contribution is 7.03. The lowest BCUT2D eigenvalue weighted by molar-refractivity contribution is 0.0866. The van der Waals surface area contributed by atoms with Crippen molar-refractivity contribution in [3.8, 4) is 0 Å². The molecule has 1 aliphatic rings. The van der Waals surface area contributed by atoms with Gasteiger partial charge in [0.2, 0.25) is 0 Å². The summed E-state index contributed by atoms with van der Waals surface area (Å²) in [6.07, 6.45) is 5.72. The summed E-state index contributed by atoms with van der Waals surface area (Å²) in [6.45, 7) is 2.23. The van der Waals surface area contributed by atoms with E-state index >= 15 is 0 Å². The van der Waals surface area contributed by atoms with Crippen molar-refractivity contribution < 1.29 is 4.79 Å². The molecule has 0 N–H and O–H groups in total. The molecular formula is C11H16N2OS. The second-order valence-corrected chi connectivity index (χ2v) is 4.89. The van der Waals surface area contributed by atoms with Gasteiger partial charge in [-0.2, -0.15) is 0 Å². The maximum absolute atomic E-state index is 12.0. The van der Waals surface area contributed by atoms with Gasteiger partial charge >= 0.3 is 0 Å². The fourth-order valence-electron chi connectivity index (χ4n) is 2.31. The smallest absolute Gasteiger partial charge is 0.187 e. The van der Waals surface area contributed by atoms with Crippen LogP contribution in [-0.4, -0.2) is 15.4 Å². The van der Waals surface area contributed by atoms with Crippen molar-refractivity contribution in [2.45, 2.75) is 39.0 Å². The number of hydrogen-bond donors (Lipinski definition) is 0. The molecule has 0 aromatic carbocycles. The van der Waals surface area contributed by atoms with Crippen LogP contribution in [0.1, 0.15) is 49.5 Å². The fraction of sp³-hybridized carbons (Fsp3) is 0.727. The molecule has 0 bridgehead atoms. The molecule has 4 heteroatoms. The van der Waals surface area contributed by atoms with Gasteiger partial charge in [0.05, 0.1) is 0 Å². The van der Waals surface area contributed by atoms with Gasteiger partial charge in [0, 0.05) is 11.3 Å². The summed E-state index contributed by atoms with van der Waals surface area (Å²) < 4.78 is 3.74. The van der Waals surface area contributed by atoms with Gasteiger partial charge in [0.15, 0.2) is 5.78 Å². The standard InChI is InChI=1S/C11H16N2OS/c1-2-8-3-5-9(6-4-8)11(14)10-7-15-13-12-10/h7-9H,2-6H2,1H3. The topological polar surface area (TPSA) is 42.9 Å². The van der Waals surface area contributed by atoms with Gasteiger partial charge in [-0.15, -0.1) is 5.10 Å². The average molecular weight is 224 g/mol. The number of Topliss-reactive ketones (excluding diaryl/α,β-unsaturated/α-hetero) is 1. The third-order valence-corrected chi connectivity index (χ3v) is 3.91. The first-order chi connectivity index (χ1) is 7.31. The first-order valence-corrected chi connectivity index (χ1v) is 6.46. The molecule has 1 fully saturated rings. The van der Waals surface area contributed by atoms with Crippen LogP contribution >= 0.6 is 11.5 Å². The summed E-state index contributed by atoms with van der Waals surface area (Å²) in [7, 11) is 0. The van der Waals surface area contributed by atoms with Gasteiger partial charge in [-0.05, 0) is 43.1 Å². The molecule has 0 atom stereocenters. The lowest BCUT2D eigenvalue weighted by atomic mass is 9.78. The Labute approximate surface area is 94.1 Å². The Hall–Kier alpha value is -0.770. The molecule has 1 aromatic rings. The van der Waals surface area contributed by atoms with Crippen LogP contribution < -0.4 is 0 Å². The van der Waals surface area contributed by atoms with Gasteiger partial charge in [-0.1, -0.05) is 17.8 Å². The molecule has 82 valence electrons. The highest BCUT2D eigenvalue weighted by Gasteiger charge is 2.27. The molecule has 15 heavy (non-hydrogen) atoms. The van der Waals surface area contributed by atoms with Crippen LogP contribution in [0, 0.1) is 11.8 Å². The maximum atomic E-state index is 12.0. The predicted molar refractivity (Wildman–Crippen MR) is 60.0 cm³/mol. The lowest BCUT2D eigenvalue weighted by Gasteiger charge is -2.26. The quantitative estimate of drug-likeness (QED) is 0.741. The molecule has 3 nitrogen and oxygen atoms in total. The molecule has 1 heterocycles. The Morgan fingerprint density at radius 1 is 1.47 bits per heavy atom. The monoisotopic (exact) mass is 224 g/mol. The van der Waals surface area contributed by atoms with E-state index in [2.05, 4.69) is 16.5 Å². The molecule has 2 rings (SSSR count). The lowest BCUT2D eigenvalue weighted by Crippen LogP contribution is -2.22. The number of rotatable bonds is 3. The Morgan fingerprint density at radius 3 is 2.73 bits per heavy atom. The number of nitrogens with zero attached hydrogens (tertiary/aromatic N) is 2. The molecule has 0 unspecified atom stereocenters. The molecule has 1 aliphatic carbocycles. The first-order valence-electron chi connectivity index (χ1n) is 5.62. The number of carbonyl (C=O) groups is 1. The van der Waals surface area contributed by atoms with Crippen molar-refractivity contribution >= 4 is 17.3 Å². The van der Waals surface area contributed by atoms with Gasteiger partial charge in [-0.3, -0.25) is 4.79 Å². The highest BCUT2D eigenvalue weighted by Crippen LogP contribution is 2.32. The van der Waals surface area contributed by atoms with Crippen LogP contribution in [0.3, 0.4) is 0 Å². The van der Waals surface area contributed by atoms with Crippen molar-refractivity contribution in [1.29, 1.82) is 0 Å². The maximum Gasteiger partial charge on any atom is 0.187 e. The molecule has 0 aliphatic heterocycles. The molecular weight excluding hydrogens is 208 g/mol. The number of ketones is 1. The summed E-state index contributed by atoms with van der Waals surface area (Å²) in [4.78, 5) is 12.0. The van der Waals surface area contributed by atoms with Gasteiger partial charge in [-0.25, -0.2) is 0 Å². The predicted octanol–water partition coefficient (Wildman–Crippen LogP) is 2.94. The van der Waals surface area contributed by atoms with Crippen molar-refractivity contribution in [3.63, 3.8) is 0 Å². The van der Waals surface area contributed by atoms with Gasteiger partial charge in [0.1, 0.15) is 5.69 Å². The number of hydrogen-bond acceptors (Lipinski definition) is 4. The van der Waals surface area contributed by atoms with E-state index in [1.54, 1.807) is 5.38 Å². The van der Waals surface area contributed by atoms with Crippen LogP contribution in [0.2, 0.25) is 0 Å². The molecule has 0 spiro atoms. The van der Waals surface area contributed by atoms with Gasteiger partial charge < -0.3 is 0 Å².